The predicted molar refractivity (Wildman–Crippen MR) is 98.4 cm³/mol. The maximum atomic E-state index is 12.8. The number of hydrogen-bond donors (Lipinski definition) is 0. The Morgan fingerprint density at radius 3 is 2.04 bits per heavy atom. The lowest BCUT2D eigenvalue weighted by Gasteiger charge is -2.23. The minimum atomic E-state index is -0.594. The summed E-state index contributed by atoms with van der Waals surface area (Å²) in [6.07, 6.45) is 1.82. The summed E-state index contributed by atoms with van der Waals surface area (Å²) in [4.78, 5) is 37.5. The van der Waals surface area contributed by atoms with Crippen molar-refractivity contribution in [2.45, 2.75) is 19.3 Å². The fourth-order valence-electron chi connectivity index (χ4n) is 3.55. The predicted octanol–water partition coefficient (Wildman–Crippen LogP) is 3.45. The maximum Gasteiger partial charge on any atom is 0.338 e. The Kier molecular flexibility index (Phi) is 5.26. The third-order valence-electron chi connectivity index (χ3n) is 4.74. The fraction of sp³-hybridized carbons (Fsp3) is 0.286. The van der Waals surface area contributed by atoms with Crippen molar-refractivity contribution in [2.24, 2.45) is 0 Å². The lowest BCUT2D eigenvalue weighted by molar-refractivity contribution is 0.0600. The van der Waals surface area contributed by atoms with E-state index in [1.54, 1.807) is 37.4 Å². The average molecular weight is 368 g/mol. The number of benzene rings is 2. The highest BCUT2D eigenvalue weighted by molar-refractivity contribution is 6.12. The Hall–Kier alpha value is -3.15. The molecule has 0 radical (unpaired) electrons. The number of rotatable bonds is 4. The number of ketones is 1. The van der Waals surface area contributed by atoms with E-state index in [9.17, 15) is 14.4 Å². The van der Waals surface area contributed by atoms with Gasteiger partial charge in [-0.1, -0.05) is 6.07 Å². The number of carbonyl (C=O) groups is 3. The van der Waals surface area contributed by atoms with Gasteiger partial charge in [0, 0.05) is 23.1 Å². The van der Waals surface area contributed by atoms with E-state index in [-0.39, 0.29) is 16.9 Å². The number of hydrogen-bond acceptors (Lipinski definition) is 6. The first kappa shape index (κ1) is 18.6. The molecule has 0 heterocycles. The van der Waals surface area contributed by atoms with Crippen molar-refractivity contribution in [2.75, 3.05) is 21.3 Å². The average Bonchev–Trinajstić information content (AvgIpc) is 2.71. The molecule has 140 valence electrons. The molecule has 0 N–H and O–H groups in total. The van der Waals surface area contributed by atoms with Crippen LogP contribution >= 0.6 is 0 Å². The molecule has 0 amide bonds. The second-order valence-electron chi connectivity index (χ2n) is 6.16. The number of carbonyl (C=O) groups excluding carboxylic acids is 3. The number of fused-ring (bicyclic) bond motifs is 1. The monoisotopic (exact) mass is 368 g/mol. The molecule has 2 aromatic rings. The van der Waals surface area contributed by atoms with Crippen LogP contribution in [0.4, 0.5) is 0 Å². The molecule has 2 aromatic carbocycles. The van der Waals surface area contributed by atoms with Crippen molar-refractivity contribution in [1.82, 2.24) is 0 Å². The van der Waals surface area contributed by atoms with Crippen molar-refractivity contribution in [3.05, 3.63) is 52.6 Å². The van der Waals surface area contributed by atoms with Gasteiger partial charge >= 0.3 is 11.9 Å². The summed E-state index contributed by atoms with van der Waals surface area (Å²) >= 11 is 0. The Morgan fingerprint density at radius 1 is 0.852 bits per heavy atom. The summed E-state index contributed by atoms with van der Waals surface area (Å²) in [6, 6.07) is 8.17. The molecule has 0 saturated heterocycles. The van der Waals surface area contributed by atoms with E-state index in [1.165, 1.54) is 14.2 Å². The molecule has 6 heteroatoms. The molecule has 3 rings (SSSR count). The third kappa shape index (κ3) is 3.18. The maximum absolute atomic E-state index is 12.8. The molecular formula is C21H20O6. The first-order chi connectivity index (χ1) is 13.0. The van der Waals surface area contributed by atoms with Crippen LogP contribution < -0.4 is 4.74 Å². The highest BCUT2D eigenvalue weighted by Gasteiger charge is 2.29. The minimum absolute atomic E-state index is 0.0411. The third-order valence-corrected chi connectivity index (χ3v) is 4.74. The number of esters is 2. The molecule has 0 fully saturated rings. The van der Waals surface area contributed by atoms with Crippen molar-refractivity contribution >= 4 is 17.7 Å². The van der Waals surface area contributed by atoms with E-state index >= 15 is 0 Å². The van der Waals surface area contributed by atoms with Crippen LogP contribution in [0, 0.1) is 0 Å². The van der Waals surface area contributed by atoms with Crippen LogP contribution in [0.5, 0.6) is 5.75 Å². The Morgan fingerprint density at radius 2 is 1.48 bits per heavy atom. The van der Waals surface area contributed by atoms with Gasteiger partial charge in [0.05, 0.1) is 32.5 Å². The quantitative estimate of drug-likeness (QED) is 0.769. The van der Waals surface area contributed by atoms with Crippen molar-refractivity contribution < 1.29 is 28.6 Å². The van der Waals surface area contributed by atoms with Gasteiger partial charge in [0.2, 0.25) is 0 Å². The van der Waals surface area contributed by atoms with Crippen LogP contribution in [-0.4, -0.2) is 39.1 Å². The van der Waals surface area contributed by atoms with E-state index in [2.05, 4.69) is 0 Å². The molecular weight excluding hydrogens is 348 g/mol. The van der Waals surface area contributed by atoms with Gasteiger partial charge < -0.3 is 14.2 Å². The van der Waals surface area contributed by atoms with E-state index < -0.39 is 11.9 Å². The Labute approximate surface area is 157 Å². The van der Waals surface area contributed by atoms with Crippen molar-refractivity contribution in [3.63, 3.8) is 0 Å². The van der Waals surface area contributed by atoms with Gasteiger partial charge in [0.1, 0.15) is 5.75 Å². The first-order valence-corrected chi connectivity index (χ1v) is 8.56. The van der Waals surface area contributed by atoms with E-state index in [0.29, 0.717) is 35.3 Å². The Bertz CT molecular complexity index is 894. The largest absolute Gasteiger partial charge is 0.496 e. The summed E-state index contributed by atoms with van der Waals surface area (Å²) in [6.45, 7) is 0. The zero-order chi connectivity index (χ0) is 19.6. The van der Waals surface area contributed by atoms with Crippen LogP contribution in [-0.2, 0) is 15.9 Å². The summed E-state index contributed by atoms with van der Waals surface area (Å²) < 4.78 is 15.2. The van der Waals surface area contributed by atoms with E-state index in [0.717, 1.165) is 12.0 Å². The number of ether oxygens (including phenoxy) is 3. The minimum Gasteiger partial charge on any atom is -0.496 e. The van der Waals surface area contributed by atoms with E-state index in [4.69, 9.17) is 14.2 Å². The molecule has 6 nitrogen and oxygen atoms in total. The molecule has 1 aliphatic rings. The molecule has 0 spiro atoms. The lowest BCUT2D eigenvalue weighted by atomic mass is 9.82. The highest BCUT2D eigenvalue weighted by Crippen LogP contribution is 2.39. The van der Waals surface area contributed by atoms with Crippen LogP contribution in [0.1, 0.15) is 49.5 Å². The zero-order valence-corrected chi connectivity index (χ0v) is 15.5. The molecule has 0 unspecified atom stereocenters. The lowest BCUT2D eigenvalue weighted by Crippen LogP contribution is -2.16. The molecule has 0 atom stereocenters. The SMILES string of the molecule is COC(=O)c1cccc(C(=O)OC)c1-c1ccc(OC)c2c1C(=O)CCC2. The fourth-order valence-corrected chi connectivity index (χ4v) is 3.55. The normalized spacial score (nSPS) is 12.9. The molecule has 0 aliphatic heterocycles. The summed E-state index contributed by atoms with van der Waals surface area (Å²) in [7, 11) is 4.09. The first-order valence-electron chi connectivity index (χ1n) is 8.56. The second kappa shape index (κ2) is 7.61. The smallest absolute Gasteiger partial charge is 0.338 e. The molecule has 0 aromatic heterocycles. The summed E-state index contributed by atoms with van der Waals surface area (Å²) in [5.41, 5.74) is 2.53. The van der Waals surface area contributed by atoms with Crippen molar-refractivity contribution in [3.8, 4) is 16.9 Å². The van der Waals surface area contributed by atoms with Crippen LogP contribution in [0.15, 0.2) is 30.3 Å². The van der Waals surface area contributed by atoms with Gasteiger partial charge in [-0.15, -0.1) is 0 Å². The van der Waals surface area contributed by atoms with Gasteiger partial charge in [-0.3, -0.25) is 4.79 Å². The van der Waals surface area contributed by atoms with E-state index in [1.807, 2.05) is 0 Å². The summed E-state index contributed by atoms with van der Waals surface area (Å²) in [5, 5.41) is 0. The van der Waals surface area contributed by atoms with Crippen molar-refractivity contribution in [1.29, 1.82) is 0 Å². The van der Waals surface area contributed by atoms with Gasteiger partial charge in [-0.2, -0.15) is 0 Å². The van der Waals surface area contributed by atoms with Crippen LogP contribution in [0.3, 0.4) is 0 Å². The zero-order valence-electron chi connectivity index (χ0n) is 15.5. The molecule has 0 bridgehead atoms. The highest BCUT2D eigenvalue weighted by atomic mass is 16.5. The van der Waals surface area contributed by atoms with Gasteiger partial charge in [-0.25, -0.2) is 9.59 Å². The van der Waals surface area contributed by atoms with Gasteiger partial charge in [-0.05, 0) is 42.7 Å². The molecule has 1 aliphatic carbocycles. The number of methoxy groups -OCH3 is 3. The van der Waals surface area contributed by atoms with Gasteiger partial charge in [0.25, 0.3) is 0 Å². The standard InChI is InChI=1S/C21H20O6/c1-25-17-11-10-13(19-12(17)6-5-9-16(19)22)18-14(20(23)26-2)7-4-8-15(18)21(24)27-3/h4,7-8,10-11H,5-6,9H2,1-3H3. The second-order valence-corrected chi connectivity index (χ2v) is 6.16. The van der Waals surface area contributed by atoms with Gasteiger partial charge in [0.15, 0.2) is 5.78 Å². The van der Waals surface area contributed by atoms with Crippen LogP contribution in [0.2, 0.25) is 0 Å². The topological polar surface area (TPSA) is 78.9 Å². The Balaban J connectivity index is 2.39. The number of Topliss-reactive ketones (excluding diaryl/α,β-unsaturated/α-hetero) is 1. The summed E-state index contributed by atoms with van der Waals surface area (Å²) in [5.74, 6) is -0.607. The molecule has 0 saturated carbocycles. The van der Waals surface area contributed by atoms with Crippen LogP contribution in [0.25, 0.3) is 11.1 Å². The molecule has 27 heavy (non-hydrogen) atoms.